The fourth-order valence-corrected chi connectivity index (χ4v) is 1.76. The average Bonchev–Trinajstić information content (AvgIpc) is 2.28. The van der Waals surface area contributed by atoms with E-state index in [9.17, 15) is 13.2 Å². The number of hydrogen-bond donors (Lipinski definition) is 0. The van der Waals surface area contributed by atoms with Crippen LogP contribution in [0.2, 0.25) is 0 Å². The summed E-state index contributed by atoms with van der Waals surface area (Å²) in [6.45, 7) is 0.379. The third kappa shape index (κ3) is 4.97. The third-order valence-electron chi connectivity index (χ3n) is 1.78. The molecule has 0 aromatic carbocycles. The molecule has 0 aliphatic heterocycles. The van der Waals surface area contributed by atoms with Crippen LogP contribution in [0, 0.1) is 0 Å². The van der Waals surface area contributed by atoms with Crippen LogP contribution in [-0.2, 0) is 6.18 Å². The molecule has 1 heterocycles. The number of rotatable bonds is 5. The van der Waals surface area contributed by atoms with Crippen molar-refractivity contribution in [1.29, 1.82) is 0 Å². The van der Waals surface area contributed by atoms with Crippen LogP contribution in [0.4, 0.5) is 13.2 Å². The number of pyridine rings is 1. The molecular formula is C9H9F3N4S. The standard InChI is InChI=1S/C9H9F3N4S/c10-9(11,12)7-2-3-8(14-6-7)17-5-1-4-15-16-13/h2-3,6H,1,4-5H2. The van der Waals surface area contributed by atoms with Gasteiger partial charge in [-0.3, -0.25) is 0 Å². The summed E-state index contributed by atoms with van der Waals surface area (Å²) in [5, 5.41) is 3.87. The Hall–Kier alpha value is -1.40. The molecule has 0 atom stereocenters. The van der Waals surface area contributed by atoms with Gasteiger partial charge >= 0.3 is 6.18 Å². The van der Waals surface area contributed by atoms with Crippen molar-refractivity contribution in [2.24, 2.45) is 5.11 Å². The zero-order valence-electron chi connectivity index (χ0n) is 8.68. The lowest BCUT2D eigenvalue weighted by atomic mass is 10.3. The molecule has 0 radical (unpaired) electrons. The van der Waals surface area contributed by atoms with Crippen molar-refractivity contribution in [3.8, 4) is 0 Å². The molecule has 1 aromatic rings. The van der Waals surface area contributed by atoms with Crippen molar-refractivity contribution >= 4 is 11.8 Å². The maximum absolute atomic E-state index is 12.2. The second-order valence-electron chi connectivity index (χ2n) is 3.04. The van der Waals surface area contributed by atoms with E-state index in [1.807, 2.05) is 0 Å². The Bertz CT molecular complexity index is 398. The van der Waals surface area contributed by atoms with E-state index in [2.05, 4.69) is 15.0 Å². The second-order valence-corrected chi connectivity index (χ2v) is 4.15. The van der Waals surface area contributed by atoms with Crippen LogP contribution < -0.4 is 0 Å². The Morgan fingerprint density at radius 1 is 1.41 bits per heavy atom. The molecule has 0 saturated heterocycles. The Morgan fingerprint density at radius 2 is 2.18 bits per heavy atom. The highest BCUT2D eigenvalue weighted by molar-refractivity contribution is 7.99. The molecule has 0 amide bonds. The highest BCUT2D eigenvalue weighted by atomic mass is 32.2. The van der Waals surface area contributed by atoms with Crippen molar-refractivity contribution in [1.82, 2.24) is 4.98 Å². The molecule has 0 N–H and O–H groups in total. The van der Waals surface area contributed by atoms with Gasteiger partial charge in [0.05, 0.1) is 10.6 Å². The van der Waals surface area contributed by atoms with Crippen molar-refractivity contribution < 1.29 is 13.2 Å². The van der Waals surface area contributed by atoms with Crippen molar-refractivity contribution in [3.05, 3.63) is 34.3 Å². The van der Waals surface area contributed by atoms with Gasteiger partial charge in [-0.2, -0.15) is 13.2 Å². The van der Waals surface area contributed by atoms with Crippen LogP contribution in [0.1, 0.15) is 12.0 Å². The van der Waals surface area contributed by atoms with Crippen LogP contribution in [0.15, 0.2) is 28.5 Å². The molecule has 0 fully saturated rings. The van der Waals surface area contributed by atoms with Gasteiger partial charge in [-0.25, -0.2) is 4.98 Å². The van der Waals surface area contributed by atoms with Crippen LogP contribution in [-0.4, -0.2) is 17.3 Å². The molecule has 0 aliphatic carbocycles. The van der Waals surface area contributed by atoms with Gasteiger partial charge in [-0.1, -0.05) is 5.11 Å². The van der Waals surface area contributed by atoms with E-state index >= 15 is 0 Å². The number of halogens is 3. The first kappa shape index (κ1) is 13.7. The van der Waals surface area contributed by atoms with Gasteiger partial charge in [0.1, 0.15) is 0 Å². The second kappa shape index (κ2) is 6.36. The number of azide groups is 1. The molecule has 0 bridgehead atoms. The molecule has 1 aromatic heterocycles. The summed E-state index contributed by atoms with van der Waals surface area (Å²) >= 11 is 1.33. The molecule has 1 rings (SSSR count). The normalized spacial score (nSPS) is 11.0. The zero-order valence-corrected chi connectivity index (χ0v) is 9.50. The number of nitrogens with zero attached hydrogens (tertiary/aromatic N) is 4. The molecule has 17 heavy (non-hydrogen) atoms. The maximum atomic E-state index is 12.2. The fourth-order valence-electron chi connectivity index (χ4n) is 0.990. The summed E-state index contributed by atoms with van der Waals surface area (Å²) in [7, 11) is 0. The topological polar surface area (TPSA) is 61.7 Å². The zero-order chi connectivity index (χ0) is 12.7. The van der Waals surface area contributed by atoms with Crippen LogP contribution >= 0.6 is 11.8 Å². The molecule has 0 saturated carbocycles. The first-order valence-corrected chi connectivity index (χ1v) is 5.69. The van der Waals surface area contributed by atoms with Crippen LogP contribution in [0.3, 0.4) is 0 Å². The SMILES string of the molecule is [N-]=[N+]=NCCCSc1ccc(C(F)(F)F)cn1. The van der Waals surface area contributed by atoms with Gasteiger partial charge in [-0.05, 0) is 29.8 Å². The first-order valence-electron chi connectivity index (χ1n) is 4.71. The van der Waals surface area contributed by atoms with Crippen molar-refractivity contribution in [3.63, 3.8) is 0 Å². The number of aromatic nitrogens is 1. The van der Waals surface area contributed by atoms with E-state index in [1.54, 1.807) is 0 Å². The predicted octanol–water partition coefficient (Wildman–Crippen LogP) is 3.89. The smallest absolute Gasteiger partial charge is 0.249 e. The lowest BCUT2D eigenvalue weighted by Gasteiger charge is -2.06. The summed E-state index contributed by atoms with van der Waals surface area (Å²) in [5.74, 6) is 0.650. The summed E-state index contributed by atoms with van der Waals surface area (Å²) in [4.78, 5) is 6.30. The lowest BCUT2D eigenvalue weighted by Crippen LogP contribution is -2.05. The van der Waals surface area contributed by atoms with E-state index in [1.165, 1.54) is 17.8 Å². The average molecular weight is 262 g/mol. The Labute approximate surface area is 99.9 Å². The van der Waals surface area contributed by atoms with Gasteiger partial charge in [-0.15, -0.1) is 11.8 Å². The highest BCUT2D eigenvalue weighted by Crippen LogP contribution is 2.29. The van der Waals surface area contributed by atoms with Crippen molar-refractivity contribution in [2.45, 2.75) is 17.6 Å². The predicted molar refractivity (Wildman–Crippen MR) is 58.6 cm³/mol. The molecule has 0 aliphatic rings. The molecule has 0 spiro atoms. The summed E-state index contributed by atoms with van der Waals surface area (Å²) in [6, 6.07) is 2.34. The summed E-state index contributed by atoms with van der Waals surface area (Å²) < 4.78 is 36.7. The monoisotopic (exact) mass is 262 g/mol. The van der Waals surface area contributed by atoms with E-state index in [0.717, 1.165) is 12.3 Å². The van der Waals surface area contributed by atoms with Gasteiger partial charge in [0.15, 0.2) is 0 Å². The number of thioether (sulfide) groups is 1. The molecule has 0 unspecified atom stereocenters. The fraction of sp³-hybridized carbons (Fsp3) is 0.444. The van der Waals surface area contributed by atoms with E-state index < -0.39 is 11.7 Å². The number of hydrogen-bond acceptors (Lipinski definition) is 3. The van der Waals surface area contributed by atoms with Gasteiger partial charge in [0.25, 0.3) is 0 Å². The minimum absolute atomic E-state index is 0.379. The number of alkyl halides is 3. The molecule has 92 valence electrons. The minimum atomic E-state index is -4.35. The minimum Gasteiger partial charge on any atom is -0.249 e. The lowest BCUT2D eigenvalue weighted by molar-refractivity contribution is -0.137. The Balaban J connectivity index is 2.43. The van der Waals surface area contributed by atoms with E-state index in [4.69, 9.17) is 5.53 Å². The van der Waals surface area contributed by atoms with Gasteiger partial charge in [0.2, 0.25) is 0 Å². The largest absolute Gasteiger partial charge is 0.417 e. The molecular weight excluding hydrogens is 253 g/mol. The Morgan fingerprint density at radius 3 is 2.71 bits per heavy atom. The quantitative estimate of drug-likeness (QED) is 0.265. The van der Waals surface area contributed by atoms with Gasteiger partial charge < -0.3 is 0 Å². The highest BCUT2D eigenvalue weighted by Gasteiger charge is 2.30. The van der Waals surface area contributed by atoms with E-state index in [0.29, 0.717) is 23.7 Å². The molecule has 4 nitrogen and oxygen atoms in total. The first-order chi connectivity index (χ1) is 8.04. The van der Waals surface area contributed by atoms with Crippen LogP contribution in [0.5, 0.6) is 0 Å². The van der Waals surface area contributed by atoms with E-state index in [-0.39, 0.29) is 0 Å². The molecule has 8 heteroatoms. The van der Waals surface area contributed by atoms with Crippen LogP contribution in [0.25, 0.3) is 10.4 Å². The van der Waals surface area contributed by atoms with Crippen molar-refractivity contribution in [2.75, 3.05) is 12.3 Å². The maximum Gasteiger partial charge on any atom is 0.417 e. The summed E-state index contributed by atoms with van der Waals surface area (Å²) in [6.07, 6.45) is -2.87. The third-order valence-corrected chi connectivity index (χ3v) is 2.81. The summed E-state index contributed by atoms with van der Waals surface area (Å²) in [5.41, 5.74) is 7.27. The van der Waals surface area contributed by atoms with Gasteiger partial charge in [0, 0.05) is 17.7 Å². The Kier molecular flexibility index (Phi) is 5.11.